The maximum absolute atomic E-state index is 11.8. The fourth-order valence-corrected chi connectivity index (χ4v) is 3.59. The Kier molecular flexibility index (Phi) is 4.17. The van der Waals surface area contributed by atoms with Crippen molar-refractivity contribution >= 4 is 34.3 Å². The Labute approximate surface area is 138 Å². The zero-order valence-electron chi connectivity index (χ0n) is 12.4. The average Bonchev–Trinajstić information content (AvgIpc) is 2.55. The molecular weight excluding hydrogens is 308 g/mol. The van der Waals surface area contributed by atoms with Crippen molar-refractivity contribution in [3.8, 4) is 0 Å². The Morgan fingerprint density at radius 2 is 1.43 bits per heavy atom. The summed E-state index contributed by atoms with van der Waals surface area (Å²) in [4.78, 5) is 24.8. The standard InChI is InChI=1S/C19H14O3S/c1-12(20)13-10-11-18(15-7-3-2-6-14(13)15)23-17-9-5-4-8-16(17)19(21)22/h2-11H,1H3,(H,21,22). The van der Waals surface area contributed by atoms with Crippen LogP contribution in [0.2, 0.25) is 0 Å². The molecule has 0 bridgehead atoms. The number of aromatic carboxylic acids is 1. The Morgan fingerprint density at radius 3 is 2.13 bits per heavy atom. The lowest BCUT2D eigenvalue weighted by molar-refractivity contribution is 0.0693. The Morgan fingerprint density at radius 1 is 0.783 bits per heavy atom. The molecule has 0 aliphatic carbocycles. The molecule has 0 atom stereocenters. The zero-order chi connectivity index (χ0) is 16.4. The first kappa shape index (κ1) is 15.3. The molecule has 0 aromatic heterocycles. The number of benzene rings is 3. The molecule has 0 radical (unpaired) electrons. The fourth-order valence-electron chi connectivity index (χ4n) is 2.52. The number of ketones is 1. The smallest absolute Gasteiger partial charge is 0.336 e. The van der Waals surface area contributed by atoms with Crippen LogP contribution < -0.4 is 0 Å². The molecule has 0 aliphatic heterocycles. The lowest BCUT2D eigenvalue weighted by Crippen LogP contribution is -1.98. The van der Waals surface area contributed by atoms with Crippen molar-refractivity contribution in [1.82, 2.24) is 0 Å². The molecule has 0 saturated carbocycles. The van der Waals surface area contributed by atoms with E-state index in [0.29, 0.717) is 10.5 Å². The average molecular weight is 322 g/mol. The number of hydrogen-bond donors (Lipinski definition) is 1. The van der Waals surface area contributed by atoms with Gasteiger partial charge in [0.1, 0.15) is 0 Å². The second-order valence-corrected chi connectivity index (χ2v) is 6.20. The van der Waals surface area contributed by atoms with Crippen LogP contribution in [0.3, 0.4) is 0 Å². The largest absolute Gasteiger partial charge is 0.478 e. The van der Waals surface area contributed by atoms with E-state index in [4.69, 9.17) is 0 Å². The van der Waals surface area contributed by atoms with Crippen LogP contribution >= 0.6 is 11.8 Å². The van der Waals surface area contributed by atoms with Gasteiger partial charge in [-0.25, -0.2) is 4.79 Å². The van der Waals surface area contributed by atoms with Gasteiger partial charge in [-0.3, -0.25) is 4.79 Å². The minimum Gasteiger partial charge on any atom is -0.478 e. The van der Waals surface area contributed by atoms with Crippen LogP contribution in [0.25, 0.3) is 10.8 Å². The minimum absolute atomic E-state index is 0.0173. The summed E-state index contributed by atoms with van der Waals surface area (Å²) in [5, 5.41) is 11.2. The van der Waals surface area contributed by atoms with E-state index in [-0.39, 0.29) is 11.3 Å². The van der Waals surface area contributed by atoms with E-state index in [0.717, 1.165) is 15.7 Å². The second-order valence-electron chi connectivity index (χ2n) is 5.12. The van der Waals surface area contributed by atoms with Gasteiger partial charge in [0.15, 0.2) is 5.78 Å². The van der Waals surface area contributed by atoms with Gasteiger partial charge >= 0.3 is 5.97 Å². The summed E-state index contributed by atoms with van der Waals surface area (Å²) >= 11 is 1.40. The first-order chi connectivity index (χ1) is 11.1. The van der Waals surface area contributed by atoms with Crippen molar-refractivity contribution in [3.63, 3.8) is 0 Å². The van der Waals surface area contributed by atoms with Crippen LogP contribution in [0.5, 0.6) is 0 Å². The summed E-state index contributed by atoms with van der Waals surface area (Å²) in [6, 6.07) is 18.3. The molecule has 0 saturated heterocycles. The predicted octanol–water partition coefficient (Wildman–Crippen LogP) is 4.89. The molecule has 3 aromatic rings. The fraction of sp³-hybridized carbons (Fsp3) is 0.0526. The van der Waals surface area contributed by atoms with Crippen LogP contribution in [-0.2, 0) is 0 Å². The summed E-state index contributed by atoms with van der Waals surface area (Å²) in [7, 11) is 0. The molecule has 0 fully saturated rings. The van der Waals surface area contributed by atoms with Crippen molar-refractivity contribution in [2.24, 2.45) is 0 Å². The molecule has 3 nitrogen and oxygen atoms in total. The van der Waals surface area contributed by atoms with Gasteiger partial charge in [0, 0.05) is 15.4 Å². The lowest BCUT2D eigenvalue weighted by Gasteiger charge is -2.11. The second kappa shape index (κ2) is 6.26. The van der Waals surface area contributed by atoms with Gasteiger partial charge in [-0.05, 0) is 42.0 Å². The normalized spacial score (nSPS) is 10.7. The molecule has 1 N–H and O–H groups in total. The Balaban J connectivity index is 2.14. The minimum atomic E-state index is -0.947. The lowest BCUT2D eigenvalue weighted by atomic mass is 10.0. The number of rotatable bonds is 4. The van der Waals surface area contributed by atoms with Gasteiger partial charge in [-0.2, -0.15) is 0 Å². The molecule has 0 amide bonds. The highest BCUT2D eigenvalue weighted by Crippen LogP contribution is 2.36. The van der Waals surface area contributed by atoms with Gasteiger partial charge in [-0.15, -0.1) is 0 Å². The van der Waals surface area contributed by atoms with E-state index >= 15 is 0 Å². The highest BCUT2D eigenvalue weighted by Gasteiger charge is 2.13. The summed E-state index contributed by atoms with van der Waals surface area (Å²) in [5.74, 6) is -0.929. The first-order valence-corrected chi connectivity index (χ1v) is 7.92. The topological polar surface area (TPSA) is 54.4 Å². The number of fused-ring (bicyclic) bond motifs is 1. The molecule has 4 heteroatoms. The number of carboxylic acids is 1. The summed E-state index contributed by atoms with van der Waals surface area (Å²) < 4.78 is 0. The zero-order valence-corrected chi connectivity index (χ0v) is 13.3. The van der Waals surface area contributed by atoms with E-state index in [1.165, 1.54) is 11.8 Å². The van der Waals surface area contributed by atoms with Crippen LogP contribution in [-0.4, -0.2) is 16.9 Å². The first-order valence-electron chi connectivity index (χ1n) is 7.11. The number of carbonyl (C=O) groups excluding carboxylic acids is 1. The monoisotopic (exact) mass is 322 g/mol. The molecule has 23 heavy (non-hydrogen) atoms. The summed E-state index contributed by atoms with van der Waals surface area (Å²) in [5.41, 5.74) is 0.952. The van der Waals surface area contributed by atoms with Gasteiger partial charge in [-0.1, -0.05) is 48.2 Å². The third kappa shape index (κ3) is 2.98. The van der Waals surface area contributed by atoms with E-state index in [1.807, 2.05) is 36.4 Å². The number of carbonyl (C=O) groups is 2. The Bertz CT molecular complexity index is 915. The molecule has 3 aromatic carbocycles. The number of Topliss-reactive ketones (excluding diaryl/α,β-unsaturated/α-hetero) is 1. The highest BCUT2D eigenvalue weighted by atomic mass is 32.2. The maximum atomic E-state index is 11.8. The van der Waals surface area contributed by atoms with Gasteiger partial charge < -0.3 is 5.11 Å². The summed E-state index contributed by atoms with van der Waals surface area (Å²) in [6.07, 6.45) is 0. The molecule has 3 rings (SSSR count). The third-order valence-corrected chi connectivity index (χ3v) is 4.75. The molecule has 0 heterocycles. The molecule has 114 valence electrons. The SMILES string of the molecule is CC(=O)c1ccc(Sc2ccccc2C(=O)O)c2ccccc12. The quantitative estimate of drug-likeness (QED) is 0.695. The van der Waals surface area contributed by atoms with E-state index in [1.54, 1.807) is 31.2 Å². The van der Waals surface area contributed by atoms with Crippen LogP contribution in [0.4, 0.5) is 0 Å². The highest BCUT2D eigenvalue weighted by molar-refractivity contribution is 7.99. The predicted molar refractivity (Wildman–Crippen MR) is 91.5 cm³/mol. The molecule has 0 aliphatic rings. The molecule has 0 unspecified atom stereocenters. The van der Waals surface area contributed by atoms with Crippen LogP contribution in [0.15, 0.2) is 70.5 Å². The van der Waals surface area contributed by atoms with Crippen LogP contribution in [0.1, 0.15) is 27.6 Å². The van der Waals surface area contributed by atoms with E-state index in [9.17, 15) is 14.7 Å². The van der Waals surface area contributed by atoms with Crippen molar-refractivity contribution < 1.29 is 14.7 Å². The Hall–Kier alpha value is -2.59. The maximum Gasteiger partial charge on any atom is 0.336 e. The van der Waals surface area contributed by atoms with Crippen LogP contribution in [0, 0.1) is 0 Å². The molecule has 0 spiro atoms. The summed E-state index contributed by atoms with van der Waals surface area (Å²) in [6.45, 7) is 1.55. The molecular formula is C19H14O3S. The van der Waals surface area contributed by atoms with Gasteiger partial charge in [0.25, 0.3) is 0 Å². The van der Waals surface area contributed by atoms with Gasteiger partial charge in [0.05, 0.1) is 5.56 Å². The number of hydrogen-bond acceptors (Lipinski definition) is 3. The van der Waals surface area contributed by atoms with E-state index < -0.39 is 5.97 Å². The van der Waals surface area contributed by atoms with Crippen molar-refractivity contribution in [1.29, 1.82) is 0 Å². The number of carboxylic acid groups (broad SMARTS) is 1. The third-order valence-electron chi connectivity index (χ3n) is 3.60. The van der Waals surface area contributed by atoms with Crippen molar-refractivity contribution in [3.05, 3.63) is 71.8 Å². The van der Waals surface area contributed by atoms with Crippen molar-refractivity contribution in [2.75, 3.05) is 0 Å². The van der Waals surface area contributed by atoms with E-state index in [2.05, 4.69) is 0 Å². The van der Waals surface area contributed by atoms with Crippen molar-refractivity contribution in [2.45, 2.75) is 16.7 Å². The van der Waals surface area contributed by atoms with Gasteiger partial charge in [0.2, 0.25) is 0 Å².